The number of ether oxygens (including phenoxy) is 1. The molecule has 1 aromatic heterocycles. The number of rotatable bonds is 6. The molecule has 1 aliphatic carbocycles. The third-order valence-electron chi connectivity index (χ3n) is 5.56. The Morgan fingerprint density at radius 1 is 1.30 bits per heavy atom. The SMILES string of the molecule is COc1ccccc1NC(=O)CSc1nc2c(c(=O)n1C1CCCCC1)SC(C)C2. The third-order valence-corrected chi connectivity index (χ3v) is 7.73. The van der Waals surface area contributed by atoms with Crippen molar-refractivity contribution in [1.29, 1.82) is 0 Å². The van der Waals surface area contributed by atoms with Crippen molar-refractivity contribution in [2.75, 3.05) is 18.2 Å². The number of hydrogen-bond donors (Lipinski definition) is 1. The number of hydrogen-bond acceptors (Lipinski definition) is 6. The number of carbonyl (C=O) groups is 1. The molecule has 2 aliphatic rings. The van der Waals surface area contributed by atoms with E-state index in [-0.39, 0.29) is 23.3 Å². The zero-order valence-electron chi connectivity index (χ0n) is 17.3. The van der Waals surface area contributed by atoms with Crippen LogP contribution >= 0.6 is 23.5 Å². The van der Waals surface area contributed by atoms with Crippen LogP contribution in [0.3, 0.4) is 0 Å². The van der Waals surface area contributed by atoms with Crippen LogP contribution < -0.4 is 15.6 Å². The minimum absolute atomic E-state index is 0.0777. The summed E-state index contributed by atoms with van der Waals surface area (Å²) in [7, 11) is 1.58. The molecular weight excluding hydrogens is 418 g/mol. The summed E-state index contributed by atoms with van der Waals surface area (Å²) in [4.78, 5) is 31.6. The minimum atomic E-state index is -0.141. The highest BCUT2D eigenvalue weighted by molar-refractivity contribution is 8.00. The molecule has 0 bridgehead atoms. The fourth-order valence-electron chi connectivity index (χ4n) is 4.14. The Hall–Kier alpha value is -1.93. The Balaban J connectivity index is 1.55. The summed E-state index contributed by atoms with van der Waals surface area (Å²) in [6.07, 6.45) is 6.30. The van der Waals surface area contributed by atoms with Crippen LogP contribution in [0.5, 0.6) is 5.75 Å². The van der Waals surface area contributed by atoms with Crippen LogP contribution in [-0.4, -0.2) is 33.6 Å². The highest BCUT2D eigenvalue weighted by atomic mass is 32.2. The van der Waals surface area contributed by atoms with Crippen LogP contribution in [0.25, 0.3) is 0 Å². The molecule has 4 rings (SSSR count). The van der Waals surface area contributed by atoms with E-state index in [4.69, 9.17) is 9.72 Å². The first-order valence-electron chi connectivity index (χ1n) is 10.4. The van der Waals surface area contributed by atoms with Crippen LogP contribution in [0.2, 0.25) is 0 Å². The summed E-state index contributed by atoms with van der Waals surface area (Å²) >= 11 is 2.99. The van der Waals surface area contributed by atoms with Crippen LogP contribution in [0.15, 0.2) is 39.1 Å². The lowest BCUT2D eigenvalue weighted by molar-refractivity contribution is -0.113. The van der Waals surface area contributed by atoms with Gasteiger partial charge in [0.25, 0.3) is 5.56 Å². The Morgan fingerprint density at radius 3 is 2.83 bits per heavy atom. The van der Waals surface area contributed by atoms with Gasteiger partial charge in [0.15, 0.2) is 5.16 Å². The summed E-state index contributed by atoms with van der Waals surface area (Å²) in [5.74, 6) is 0.674. The fourth-order valence-corrected chi connectivity index (χ4v) is 6.12. The molecule has 6 nitrogen and oxygen atoms in total. The van der Waals surface area contributed by atoms with Crippen molar-refractivity contribution in [3.63, 3.8) is 0 Å². The van der Waals surface area contributed by atoms with Crippen molar-refractivity contribution in [1.82, 2.24) is 9.55 Å². The molecule has 1 amide bonds. The van der Waals surface area contributed by atoms with E-state index in [1.165, 1.54) is 18.2 Å². The van der Waals surface area contributed by atoms with Gasteiger partial charge in [-0.3, -0.25) is 14.2 Å². The molecule has 1 N–H and O–H groups in total. The monoisotopic (exact) mass is 445 g/mol. The molecule has 8 heteroatoms. The van der Waals surface area contributed by atoms with Crippen LogP contribution in [0.4, 0.5) is 5.69 Å². The lowest BCUT2D eigenvalue weighted by Gasteiger charge is -2.26. The topological polar surface area (TPSA) is 73.2 Å². The second-order valence-electron chi connectivity index (χ2n) is 7.81. The largest absolute Gasteiger partial charge is 0.495 e. The van der Waals surface area contributed by atoms with E-state index in [2.05, 4.69) is 12.2 Å². The fraction of sp³-hybridized carbons (Fsp3) is 0.500. The molecule has 30 heavy (non-hydrogen) atoms. The first kappa shape index (κ1) is 21.3. The van der Waals surface area contributed by atoms with Crippen molar-refractivity contribution in [3.8, 4) is 5.75 Å². The van der Waals surface area contributed by atoms with Crippen molar-refractivity contribution >= 4 is 35.1 Å². The number of amides is 1. The first-order valence-corrected chi connectivity index (χ1v) is 12.3. The summed E-state index contributed by atoms with van der Waals surface area (Å²) in [6, 6.07) is 7.52. The molecule has 0 radical (unpaired) electrons. The predicted octanol–water partition coefficient (Wildman–Crippen LogP) is 4.52. The molecule has 2 heterocycles. The highest BCUT2D eigenvalue weighted by Crippen LogP contribution is 2.37. The summed E-state index contributed by atoms with van der Waals surface area (Å²) in [5.41, 5.74) is 1.61. The number of fused-ring (bicyclic) bond motifs is 1. The standard InChI is InChI=1S/C22H27N3O3S2/c1-14-12-17-20(30-14)21(27)25(15-8-4-3-5-9-15)22(24-17)29-13-19(26)23-16-10-6-7-11-18(16)28-2/h6-7,10-11,14-15H,3-5,8-9,12-13H2,1-2H3,(H,23,26). The molecule has 2 aromatic rings. The van der Waals surface area contributed by atoms with Gasteiger partial charge in [0.1, 0.15) is 5.75 Å². The van der Waals surface area contributed by atoms with Gasteiger partial charge < -0.3 is 10.1 Å². The molecule has 1 atom stereocenters. The van der Waals surface area contributed by atoms with E-state index < -0.39 is 0 Å². The summed E-state index contributed by atoms with van der Waals surface area (Å²) < 4.78 is 7.18. The van der Waals surface area contributed by atoms with Crippen LogP contribution in [0.1, 0.15) is 50.8 Å². The smallest absolute Gasteiger partial charge is 0.268 e. The lowest BCUT2D eigenvalue weighted by atomic mass is 9.95. The molecule has 0 saturated heterocycles. The molecule has 1 unspecified atom stereocenters. The normalized spacial score (nSPS) is 18.8. The van der Waals surface area contributed by atoms with Crippen LogP contribution in [0, 0.1) is 0 Å². The van der Waals surface area contributed by atoms with E-state index in [1.807, 2.05) is 28.8 Å². The van der Waals surface area contributed by atoms with Gasteiger partial charge in [-0.2, -0.15) is 0 Å². The molecule has 1 aromatic carbocycles. The average Bonchev–Trinajstić information content (AvgIpc) is 3.14. The maximum Gasteiger partial charge on any atom is 0.268 e. The van der Waals surface area contributed by atoms with Gasteiger partial charge in [0, 0.05) is 17.7 Å². The van der Waals surface area contributed by atoms with Gasteiger partial charge in [-0.05, 0) is 25.0 Å². The molecule has 1 aliphatic heterocycles. The van der Waals surface area contributed by atoms with E-state index >= 15 is 0 Å². The number of anilines is 1. The van der Waals surface area contributed by atoms with Crippen molar-refractivity contribution in [3.05, 3.63) is 40.3 Å². The number of para-hydroxylation sites is 2. The minimum Gasteiger partial charge on any atom is -0.495 e. The number of aromatic nitrogens is 2. The Labute approximate surface area is 185 Å². The number of nitrogens with zero attached hydrogens (tertiary/aromatic N) is 2. The van der Waals surface area contributed by atoms with Gasteiger partial charge in [0.05, 0.1) is 29.1 Å². The summed E-state index contributed by atoms with van der Waals surface area (Å²) in [5, 5.41) is 3.95. The Morgan fingerprint density at radius 2 is 2.07 bits per heavy atom. The third kappa shape index (κ3) is 4.54. The van der Waals surface area contributed by atoms with E-state index in [1.54, 1.807) is 18.9 Å². The predicted molar refractivity (Wildman–Crippen MR) is 122 cm³/mol. The number of methoxy groups -OCH3 is 1. The molecular formula is C22H27N3O3S2. The molecule has 1 saturated carbocycles. The second-order valence-corrected chi connectivity index (χ2v) is 10.2. The zero-order chi connectivity index (χ0) is 21.1. The molecule has 0 spiro atoms. The Kier molecular flexibility index (Phi) is 6.73. The Bertz CT molecular complexity index is 986. The second kappa shape index (κ2) is 9.47. The van der Waals surface area contributed by atoms with Crippen molar-refractivity contribution < 1.29 is 9.53 Å². The first-order chi connectivity index (χ1) is 14.6. The lowest BCUT2D eigenvalue weighted by Crippen LogP contribution is -2.30. The number of carbonyl (C=O) groups excluding carboxylic acids is 1. The zero-order valence-corrected chi connectivity index (χ0v) is 19.0. The van der Waals surface area contributed by atoms with Crippen molar-refractivity contribution in [2.24, 2.45) is 0 Å². The van der Waals surface area contributed by atoms with Gasteiger partial charge in [-0.15, -0.1) is 11.8 Å². The van der Waals surface area contributed by atoms with Gasteiger partial charge in [-0.1, -0.05) is 50.1 Å². The van der Waals surface area contributed by atoms with Gasteiger partial charge in [0.2, 0.25) is 5.91 Å². The van der Waals surface area contributed by atoms with Gasteiger partial charge >= 0.3 is 0 Å². The van der Waals surface area contributed by atoms with E-state index in [0.717, 1.165) is 42.7 Å². The number of nitrogens with one attached hydrogen (secondary N) is 1. The van der Waals surface area contributed by atoms with Gasteiger partial charge in [-0.25, -0.2) is 4.98 Å². The van der Waals surface area contributed by atoms with E-state index in [9.17, 15) is 9.59 Å². The van der Waals surface area contributed by atoms with Crippen molar-refractivity contribution in [2.45, 2.75) is 66.8 Å². The highest BCUT2D eigenvalue weighted by Gasteiger charge is 2.29. The summed E-state index contributed by atoms with van der Waals surface area (Å²) in [6.45, 7) is 2.13. The van der Waals surface area contributed by atoms with E-state index in [0.29, 0.717) is 21.8 Å². The van der Waals surface area contributed by atoms with Crippen LogP contribution in [-0.2, 0) is 11.2 Å². The quantitative estimate of drug-likeness (QED) is 0.520. The average molecular weight is 446 g/mol. The maximum absolute atomic E-state index is 13.3. The molecule has 1 fully saturated rings. The number of thioether (sulfide) groups is 2. The molecule has 160 valence electrons. The number of benzene rings is 1. The maximum atomic E-state index is 13.3.